The molecule has 27 heavy (non-hydrogen) atoms. The molecule has 1 aromatic rings. The summed E-state index contributed by atoms with van der Waals surface area (Å²) in [7, 11) is 1.34. The highest BCUT2D eigenvalue weighted by molar-refractivity contribution is 5.89. The molecule has 1 amide bonds. The van der Waals surface area contributed by atoms with E-state index in [0.29, 0.717) is 29.6 Å². The van der Waals surface area contributed by atoms with E-state index in [-0.39, 0.29) is 17.4 Å². The fraction of sp³-hybridized carbons (Fsp3) is 0.619. The van der Waals surface area contributed by atoms with Crippen LogP contribution in [-0.4, -0.2) is 54.3 Å². The predicted molar refractivity (Wildman–Crippen MR) is 98.3 cm³/mol. The number of aliphatic hydroxyl groups is 1. The Morgan fingerprint density at radius 1 is 1.19 bits per heavy atom. The Labute approximate surface area is 159 Å². The maximum Gasteiger partial charge on any atom is 0.337 e. The molecule has 2 saturated carbocycles. The molecule has 0 bridgehead atoms. The van der Waals surface area contributed by atoms with Gasteiger partial charge in [0.15, 0.2) is 0 Å². The van der Waals surface area contributed by atoms with Gasteiger partial charge in [0.2, 0.25) is 5.91 Å². The molecule has 3 fully saturated rings. The summed E-state index contributed by atoms with van der Waals surface area (Å²) in [5.41, 5.74) is 0.282. The summed E-state index contributed by atoms with van der Waals surface area (Å²) in [4.78, 5) is 26.3. The van der Waals surface area contributed by atoms with Crippen molar-refractivity contribution in [3.8, 4) is 5.75 Å². The Morgan fingerprint density at radius 3 is 2.56 bits per heavy atom. The van der Waals surface area contributed by atoms with Crippen molar-refractivity contribution in [1.82, 2.24) is 4.90 Å². The van der Waals surface area contributed by atoms with Gasteiger partial charge in [-0.2, -0.15) is 0 Å². The molecule has 1 aromatic carbocycles. The number of methoxy groups -OCH3 is 1. The van der Waals surface area contributed by atoms with Crippen molar-refractivity contribution >= 4 is 11.9 Å². The van der Waals surface area contributed by atoms with Crippen LogP contribution in [-0.2, 0) is 9.53 Å². The third kappa shape index (κ3) is 3.55. The number of nitrogens with zero attached hydrogens (tertiary/aromatic N) is 1. The molecule has 146 valence electrons. The first kappa shape index (κ1) is 18.3. The van der Waals surface area contributed by atoms with Gasteiger partial charge in [0.05, 0.1) is 18.8 Å². The third-order valence-corrected chi connectivity index (χ3v) is 6.43. The van der Waals surface area contributed by atoms with Crippen LogP contribution >= 0.6 is 0 Å². The Morgan fingerprint density at radius 2 is 1.89 bits per heavy atom. The summed E-state index contributed by atoms with van der Waals surface area (Å²) in [6, 6.07) is 6.84. The molecule has 3 aliphatic rings. The van der Waals surface area contributed by atoms with Gasteiger partial charge >= 0.3 is 5.97 Å². The Bertz CT molecular complexity index is 744. The molecule has 0 spiro atoms. The largest absolute Gasteiger partial charge is 0.488 e. The zero-order chi connectivity index (χ0) is 19.2. The van der Waals surface area contributed by atoms with Gasteiger partial charge in [-0.05, 0) is 55.7 Å². The van der Waals surface area contributed by atoms with Crippen LogP contribution in [0.15, 0.2) is 24.3 Å². The lowest BCUT2D eigenvalue weighted by atomic mass is 9.78. The fourth-order valence-electron chi connectivity index (χ4n) is 4.45. The minimum atomic E-state index is -0.570. The lowest BCUT2D eigenvalue weighted by Crippen LogP contribution is -2.42. The van der Waals surface area contributed by atoms with Gasteiger partial charge < -0.3 is 19.5 Å². The number of benzene rings is 1. The number of hydrogen-bond donors (Lipinski definition) is 1. The van der Waals surface area contributed by atoms with E-state index < -0.39 is 12.1 Å². The molecule has 1 aliphatic heterocycles. The number of carbonyl (C=O) groups is 2. The van der Waals surface area contributed by atoms with Crippen LogP contribution in [0.25, 0.3) is 0 Å². The van der Waals surface area contributed by atoms with Gasteiger partial charge in [0.25, 0.3) is 0 Å². The molecule has 0 aromatic heterocycles. The van der Waals surface area contributed by atoms with Crippen LogP contribution in [0.3, 0.4) is 0 Å². The second-order valence-corrected chi connectivity index (χ2v) is 8.51. The van der Waals surface area contributed by atoms with Crippen LogP contribution in [0.5, 0.6) is 5.75 Å². The quantitative estimate of drug-likeness (QED) is 0.820. The highest BCUT2D eigenvalue weighted by Gasteiger charge is 2.51. The number of carbonyl (C=O) groups excluding carboxylic acids is 2. The van der Waals surface area contributed by atoms with Crippen molar-refractivity contribution in [2.45, 2.75) is 44.8 Å². The SMILES string of the molecule is COC(=O)c1cccc(O[C@@H]2C[C@@H]3CN(C(=O)C4(C)CC4)C[C@@H]3C[C@H]2O)c1. The molecule has 1 heterocycles. The van der Waals surface area contributed by atoms with E-state index in [2.05, 4.69) is 0 Å². The van der Waals surface area contributed by atoms with E-state index in [0.717, 1.165) is 32.4 Å². The molecule has 2 aliphatic carbocycles. The number of ether oxygens (including phenoxy) is 2. The predicted octanol–water partition coefficient (Wildman–Crippen LogP) is 2.25. The summed E-state index contributed by atoms with van der Waals surface area (Å²) >= 11 is 0. The fourth-order valence-corrected chi connectivity index (χ4v) is 4.45. The minimum Gasteiger partial charge on any atom is -0.488 e. The van der Waals surface area contributed by atoms with E-state index in [1.165, 1.54) is 7.11 Å². The average molecular weight is 373 g/mol. The number of aliphatic hydroxyl groups excluding tert-OH is 1. The van der Waals surface area contributed by atoms with E-state index in [4.69, 9.17) is 9.47 Å². The number of rotatable bonds is 4. The number of fused-ring (bicyclic) bond motifs is 1. The first-order valence-corrected chi connectivity index (χ1v) is 9.72. The first-order chi connectivity index (χ1) is 12.9. The maximum absolute atomic E-state index is 12.6. The van der Waals surface area contributed by atoms with Crippen molar-refractivity contribution in [2.24, 2.45) is 17.3 Å². The van der Waals surface area contributed by atoms with Crippen molar-refractivity contribution in [1.29, 1.82) is 0 Å². The molecule has 0 radical (unpaired) electrons. The van der Waals surface area contributed by atoms with Crippen LogP contribution < -0.4 is 4.74 Å². The molecule has 6 nitrogen and oxygen atoms in total. The molecule has 0 unspecified atom stereocenters. The number of hydrogen-bond acceptors (Lipinski definition) is 5. The monoisotopic (exact) mass is 373 g/mol. The van der Waals surface area contributed by atoms with Crippen molar-refractivity contribution in [3.05, 3.63) is 29.8 Å². The first-order valence-electron chi connectivity index (χ1n) is 9.72. The van der Waals surface area contributed by atoms with Gasteiger partial charge in [0.1, 0.15) is 11.9 Å². The van der Waals surface area contributed by atoms with Crippen molar-refractivity contribution in [3.63, 3.8) is 0 Å². The zero-order valence-corrected chi connectivity index (χ0v) is 15.9. The Hall–Kier alpha value is -2.08. The number of likely N-dealkylation sites (tertiary alicyclic amines) is 1. The standard InChI is InChI=1S/C21H27NO5/c1-21(6-7-21)20(25)22-11-14-9-17(23)18(10-15(14)12-22)27-16-5-3-4-13(8-16)19(24)26-2/h3-5,8,14-15,17-18,23H,6-7,9-12H2,1-2H3/t14-,15+,17+,18+/m0/s1. The van der Waals surface area contributed by atoms with Crippen LogP contribution in [0.2, 0.25) is 0 Å². The van der Waals surface area contributed by atoms with E-state index in [9.17, 15) is 14.7 Å². The summed E-state index contributed by atoms with van der Waals surface area (Å²) in [6.45, 7) is 3.56. The van der Waals surface area contributed by atoms with Crippen LogP contribution in [0, 0.1) is 17.3 Å². The zero-order valence-electron chi connectivity index (χ0n) is 15.9. The van der Waals surface area contributed by atoms with Gasteiger partial charge in [-0.3, -0.25) is 4.79 Å². The van der Waals surface area contributed by atoms with Gasteiger partial charge in [-0.25, -0.2) is 4.79 Å². The van der Waals surface area contributed by atoms with E-state index in [1.54, 1.807) is 24.3 Å². The normalized spacial score (nSPS) is 31.1. The summed E-state index contributed by atoms with van der Waals surface area (Å²) in [5.74, 6) is 1.11. The molecule has 1 saturated heterocycles. The molecular formula is C21H27NO5. The molecule has 4 rings (SSSR count). The van der Waals surface area contributed by atoms with E-state index >= 15 is 0 Å². The van der Waals surface area contributed by atoms with Crippen molar-refractivity contribution < 1.29 is 24.2 Å². The Balaban J connectivity index is 1.41. The second kappa shape index (κ2) is 6.82. The Kier molecular flexibility index (Phi) is 4.62. The highest BCUT2D eigenvalue weighted by atomic mass is 16.5. The van der Waals surface area contributed by atoms with E-state index in [1.807, 2.05) is 11.8 Å². The molecule has 6 heteroatoms. The van der Waals surface area contributed by atoms with Gasteiger partial charge in [-0.1, -0.05) is 13.0 Å². The maximum atomic E-state index is 12.6. The number of esters is 1. The lowest BCUT2D eigenvalue weighted by molar-refractivity contribution is -0.135. The summed E-state index contributed by atoms with van der Waals surface area (Å²) in [6.07, 6.45) is 2.44. The minimum absolute atomic E-state index is 0.143. The topological polar surface area (TPSA) is 76.1 Å². The van der Waals surface area contributed by atoms with Gasteiger partial charge in [-0.15, -0.1) is 0 Å². The molecule has 4 atom stereocenters. The molecule has 1 N–H and O–H groups in total. The number of amides is 1. The third-order valence-electron chi connectivity index (χ3n) is 6.43. The van der Waals surface area contributed by atoms with Gasteiger partial charge in [0, 0.05) is 18.5 Å². The smallest absolute Gasteiger partial charge is 0.337 e. The molecular weight excluding hydrogens is 346 g/mol. The van der Waals surface area contributed by atoms with Crippen molar-refractivity contribution in [2.75, 3.05) is 20.2 Å². The summed E-state index contributed by atoms with van der Waals surface area (Å²) in [5, 5.41) is 10.6. The average Bonchev–Trinajstić information content (AvgIpc) is 3.29. The lowest BCUT2D eigenvalue weighted by Gasteiger charge is -2.35. The second-order valence-electron chi connectivity index (χ2n) is 8.51. The highest BCUT2D eigenvalue weighted by Crippen LogP contribution is 2.48. The van der Waals surface area contributed by atoms with Crippen LogP contribution in [0.1, 0.15) is 43.0 Å². The van der Waals surface area contributed by atoms with Crippen LogP contribution in [0.4, 0.5) is 0 Å². The summed E-state index contributed by atoms with van der Waals surface area (Å²) < 4.78 is 10.8.